The van der Waals surface area contributed by atoms with Crippen LogP contribution >= 0.6 is 11.6 Å². The van der Waals surface area contributed by atoms with E-state index in [9.17, 15) is 24.3 Å². The van der Waals surface area contributed by atoms with E-state index in [0.29, 0.717) is 35.7 Å². The van der Waals surface area contributed by atoms with Crippen molar-refractivity contribution in [2.75, 3.05) is 25.0 Å². The molecule has 4 N–H and O–H groups in total. The van der Waals surface area contributed by atoms with E-state index in [2.05, 4.69) is 43.1 Å². The second kappa shape index (κ2) is 14.9. The first-order valence-electron chi connectivity index (χ1n) is 17.3. The van der Waals surface area contributed by atoms with Gasteiger partial charge in [-0.1, -0.05) is 60.1 Å². The predicted molar refractivity (Wildman–Crippen MR) is 196 cm³/mol. The number of para-hydroxylation sites is 1. The average molecular weight is 720 g/mol. The van der Waals surface area contributed by atoms with Crippen molar-refractivity contribution in [3.05, 3.63) is 129 Å². The molecule has 0 bridgehead atoms. The van der Waals surface area contributed by atoms with Crippen molar-refractivity contribution in [1.82, 2.24) is 30.1 Å². The van der Waals surface area contributed by atoms with Gasteiger partial charge < -0.3 is 21.1 Å². The van der Waals surface area contributed by atoms with Crippen molar-refractivity contribution < 1.29 is 24.3 Å². The van der Waals surface area contributed by atoms with Crippen molar-refractivity contribution in [1.29, 1.82) is 0 Å². The number of carbonyl (C=O) groups is 4. The second-order valence-corrected chi connectivity index (χ2v) is 13.8. The number of aromatic nitrogens is 3. The van der Waals surface area contributed by atoms with Crippen LogP contribution in [-0.4, -0.2) is 67.9 Å². The van der Waals surface area contributed by atoms with Crippen molar-refractivity contribution in [3.8, 4) is 0 Å². The molecule has 52 heavy (non-hydrogen) atoms. The molecule has 12 nitrogen and oxygen atoms in total. The molecule has 0 unspecified atom stereocenters. The number of nitrogens with one attached hydrogen (secondary N) is 3. The summed E-state index contributed by atoms with van der Waals surface area (Å²) in [6, 6.07) is 21.4. The molecule has 13 heteroatoms. The number of hydrogen-bond acceptors (Lipinski definition) is 7. The fourth-order valence-electron chi connectivity index (χ4n) is 7.17. The Hall–Kier alpha value is -5.59. The fourth-order valence-corrected chi connectivity index (χ4v) is 7.35. The lowest BCUT2D eigenvalue weighted by Gasteiger charge is -2.32. The van der Waals surface area contributed by atoms with Gasteiger partial charge in [0.1, 0.15) is 17.0 Å². The number of fused-ring (bicyclic) bond motifs is 2. The molecule has 0 spiro atoms. The molecule has 1 saturated heterocycles. The summed E-state index contributed by atoms with van der Waals surface area (Å²) in [7, 11) is 0. The van der Waals surface area contributed by atoms with E-state index < -0.39 is 29.7 Å². The average Bonchev–Trinajstić information content (AvgIpc) is 3.77. The number of carbonyl (C=O) groups excluding carboxylic acids is 3. The summed E-state index contributed by atoms with van der Waals surface area (Å²) in [5.41, 5.74) is 4.38. The highest BCUT2D eigenvalue weighted by atomic mass is 35.5. The van der Waals surface area contributed by atoms with Gasteiger partial charge in [0.05, 0.1) is 28.5 Å². The first kappa shape index (κ1) is 34.8. The Labute approximate surface area is 305 Å². The summed E-state index contributed by atoms with van der Waals surface area (Å²) in [5, 5.41) is 23.1. The zero-order valence-electron chi connectivity index (χ0n) is 28.6. The van der Waals surface area contributed by atoms with E-state index >= 15 is 0 Å². The van der Waals surface area contributed by atoms with E-state index in [4.69, 9.17) is 11.6 Å². The molecule has 1 fully saturated rings. The molecule has 0 saturated carbocycles. The molecule has 2 aliphatic rings. The zero-order valence-corrected chi connectivity index (χ0v) is 29.3. The Morgan fingerprint density at radius 2 is 1.65 bits per heavy atom. The third-order valence-electron chi connectivity index (χ3n) is 10.0. The van der Waals surface area contributed by atoms with Gasteiger partial charge in [0.25, 0.3) is 17.7 Å². The van der Waals surface area contributed by atoms with Crippen LogP contribution in [0.2, 0.25) is 5.02 Å². The van der Waals surface area contributed by atoms with E-state index in [0.717, 1.165) is 43.6 Å². The van der Waals surface area contributed by atoms with Crippen molar-refractivity contribution >= 4 is 46.6 Å². The second-order valence-electron chi connectivity index (χ2n) is 13.3. The maximum atomic E-state index is 14.0. The number of nitrogens with zero attached hydrogens (tertiary/aromatic N) is 4. The molecular weight excluding hydrogens is 682 g/mol. The Balaban J connectivity index is 1.12. The highest BCUT2D eigenvalue weighted by molar-refractivity contribution is 6.34. The number of benzene rings is 3. The Morgan fingerprint density at radius 1 is 0.904 bits per heavy atom. The van der Waals surface area contributed by atoms with Gasteiger partial charge in [-0.3, -0.25) is 19.3 Å². The summed E-state index contributed by atoms with van der Waals surface area (Å²) in [5.74, 6) is -2.27. The molecule has 2 aromatic heterocycles. The number of halogens is 1. The third-order valence-corrected chi connectivity index (χ3v) is 10.4. The first-order valence-corrected chi connectivity index (χ1v) is 17.7. The monoisotopic (exact) mass is 719 g/mol. The lowest BCUT2D eigenvalue weighted by atomic mass is 9.96. The fraction of sp³-hybridized carbons (Fsp3) is 0.282. The predicted octanol–water partition coefficient (Wildman–Crippen LogP) is 5.70. The number of aromatic carboxylic acids is 1. The lowest BCUT2D eigenvalue weighted by Crippen LogP contribution is -2.38. The van der Waals surface area contributed by atoms with Crippen LogP contribution in [-0.2, 0) is 13.0 Å². The number of amides is 3. The van der Waals surface area contributed by atoms with Gasteiger partial charge in [-0.25, -0.2) is 14.3 Å². The molecular formula is C39H38ClN7O5. The molecule has 7 rings (SSSR count). The molecule has 3 amide bonds. The van der Waals surface area contributed by atoms with Gasteiger partial charge in [0, 0.05) is 19.2 Å². The third kappa shape index (κ3) is 7.25. The zero-order chi connectivity index (χ0) is 36.4. The standard InChI is InChI=1S/C39H38ClN7O5/c1-23-26-13-14-31(28(26)12-11-27(23)39(51)52)44-38(50)34-19-33(37(49)41-20-24-15-17-46(18-16-24)22-25-7-3-2-4-8-25)43-35-29(21-42-47(34)35)36(48)45-32-10-6-5-9-30(32)40/h2-12,19,21,24,31H,13-18,20,22H2,1H3,(H,41,49)(H,44,50)(H,45,48)(H,51,52)/t31-/m0/s1. The van der Waals surface area contributed by atoms with Crippen LogP contribution in [0.3, 0.4) is 0 Å². The summed E-state index contributed by atoms with van der Waals surface area (Å²) in [6.07, 6.45) is 4.34. The van der Waals surface area contributed by atoms with Gasteiger partial charge >= 0.3 is 5.97 Å². The van der Waals surface area contributed by atoms with Crippen LogP contribution in [0.4, 0.5) is 5.69 Å². The normalized spacial score (nSPS) is 16.0. The molecule has 266 valence electrons. The SMILES string of the molecule is Cc1c(C(=O)O)ccc2c1CC[C@@H]2NC(=O)c1cc(C(=O)NCC2CCN(Cc3ccccc3)CC2)nc2c(C(=O)Nc3ccccc3Cl)cnn12. The summed E-state index contributed by atoms with van der Waals surface area (Å²) in [6.45, 7) is 4.96. The molecule has 1 aliphatic heterocycles. The Kier molecular flexibility index (Phi) is 10.0. The first-order chi connectivity index (χ1) is 25.2. The number of carboxylic acids is 1. The van der Waals surface area contributed by atoms with Crippen molar-refractivity contribution in [3.63, 3.8) is 0 Å². The number of carboxylic acid groups (broad SMARTS) is 1. The van der Waals surface area contributed by atoms with Crippen LogP contribution in [0, 0.1) is 12.8 Å². The van der Waals surface area contributed by atoms with Crippen molar-refractivity contribution in [2.45, 2.75) is 45.2 Å². The summed E-state index contributed by atoms with van der Waals surface area (Å²) < 4.78 is 1.25. The molecule has 3 aromatic carbocycles. The number of likely N-dealkylation sites (tertiary alicyclic amines) is 1. The van der Waals surface area contributed by atoms with E-state index in [1.807, 2.05) is 18.2 Å². The van der Waals surface area contributed by atoms with Crippen LogP contribution < -0.4 is 16.0 Å². The molecule has 1 atom stereocenters. The highest BCUT2D eigenvalue weighted by Gasteiger charge is 2.30. The largest absolute Gasteiger partial charge is 0.478 e. The van der Waals surface area contributed by atoms with Crippen LogP contribution in [0.5, 0.6) is 0 Å². The smallest absolute Gasteiger partial charge is 0.335 e. The topological polar surface area (TPSA) is 158 Å². The van der Waals surface area contributed by atoms with Gasteiger partial charge in [-0.2, -0.15) is 5.10 Å². The van der Waals surface area contributed by atoms with E-state index in [1.54, 1.807) is 43.3 Å². The Bertz CT molecular complexity index is 2180. The maximum Gasteiger partial charge on any atom is 0.335 e. The maximum absolute atomic E-state index is 14.0. The minimum Gasteiger partial charge on any atom is -0.478 e. The molecule has 3 heterocycles. The number of hydrogen-bond donors (Lipinski definition) is 4. The van der Waals surface area contributed by atoms with Crippen LogP contribution in [0.25, 0.3) is 5.65 Å². The summed E-state index contributed by atoms with van der Waals surface area (Å²) in [4.78, 5) is 59.8. The van der Waals surface area contributed by atoms with Gasteiger partial charge in [0.15, 0.2) is 5.65 Å². The number of rotatable bonds is 10. The molecule has 5 aromatic rings. The molecule has 1 aliphatic carbocycles. The number of piperidine rings is 1. The summed E-state index contributed by atoms with van der Waals surface area (Å²) >= 11 is 6.29. The highest BCUT2D eigenvalue weighted by Crippen LogP contribution is 2.35. The van der Waals surface area contributed by atoms with E-state index in [1.165, 1.54) is 22.3 Å². The van der Waals surface area contributed by atoms with Gasteiger partial charge in [0.2, 0.25) is 0 Å². The van der Waals surface area contributed by atoms with E-state index in [-0.39, 0.29) is 34.1 Å². The van der Waals surface area contributed by atoms with Gasteiger partial charge in [-0.15, -0.1) is 0 Å². The lowest BCUT2D eigenvalue weighted by molar-refractivity contribution is 0.0695. The Morgan fingerprint density at radius 3 is 2.40 bits per heavy atom. The minimum atomic E-state index is -1.00. The van der Waals surface area contributed by atoms with Gasteiger partial charge in [-0.05, 0) is 92.1 Å². The number of anilines is 1. The minimum absolute atomic E-state index is 0.0218. The van der Waals surface area contributed by atoms with Crippen LogP contribution in [0.15, 0.2) is 79.0 Å². The van der Waals surface area contributed by atoms with Crippen molar-refractivity contribution in [2.24, 2.45) is 5.92 Å². The quantitative estimate of drug-likeness (QED) is 0.143. The molecule has 0 radical (unpaired) electrons. The van der Waals surface area contributed by atoms with Crippen LogP contribution in [0.1, 0.15) is 89.3 Å².